The summed E-state index contributed by atoms with van der Waals surface area (Å²) < 4.78 is 5.26. The number of carbonyl (C=O) groups excluding carboxylic acids is 1. The zero-order valence-electron chi connectivity index (χ0n) is 11.1. The van der Waals surface area contributed by atoms with Gasteiger partial charge in [0.2, 0.25) is 0 Å². The number of rotatable bonds is 3. The largest absolute Gasteiger partial charge is 0.378 e. The third-order valence-corrected chi connectivity index (χ3v) is 3.59. The fourth-order valence-corrected chi connectivity index (χ4v) is 2.28. The van der Waals surface area contributed by atoms with E-state index >= 15 is 0 Å². The van der Waals surface area contributed by atoms with Crippen LogP contribution < -0.4 is 4.90 Å². The van der Waals surface area contributed by atoms with Gasteiger partial charge in [0.15, 0.2) is 5.78 Å². The number of hydrogen-bond donors (Lipinski definition) is 0. The molecule has 0 radical (unpaired) electrons. The summed E-state index contributed by atoms with van der Waals surface area (Å²) in [7, 11) is 1.74. The minimum Gasteiger partial charge on any atom is -0.378 e. The maximum absolute atomic E-state index is 11.3. The second-order valence-corrected chi connectivity index (χ2v) is 4.90. The predicted molar refractivity (Wildman–Crippen MR) is 74.8 cm³/mol. The number of benzene rings is 1. The average molecular weight is 256 g/mol. The molecule has 0 aliphatic carbocycles. The first-order valence-corrected chi connectivity index (χ1v) is 6.37. The van der Waals surface area contributed by atoms with Gasteiger partial charge in [-0.3, -0.25) is 4.79 Å². The quantitative estimate of drug-likeness (QED) is 0.790. The van der Waals surface area contributed by atoms with E-state index in [2.05, 4.69) is 9.88 Å². The van der Waals surface area contributed by atoms with Crippen LogP contribution in [-0.2, 0) is 4.74 Å². The molecule has 1 saturated heterocycles. The van der Waals surface area contributed by atoms with E-state index in [1.165, 1.54) is 0 Å². The molecular weight excluding hydrogens is 240 g/mol. The van der Waals surface area contributed by atoms with E-state index in [0.717, 1.165) is 35.4 Å². The number of methoxy groups -OCH3 is 1. The number of ether oxygens (including phenoxy) is 1. The first-order chi connectivity index (χ1) is 9.17. The Morgan fingerprint density at radius 3 is 2.79 bits per heavy atom. The first-order valence-electron chi connectivity index (χ1n) is 6.37. The van der Waals surface area contributed by atoms with Crippen molar-refractivity contribution in [2.75, 3.05) is 25.1 Å². The molecule has 3 rings (SSSR count). The molecule has 4 heteroatoms. The monoisotopic (exact) mass is 256 g/mol. The summed E-state index contributed by atoms with van der Waals surface area (Å²) in [6.07, 6.45) is 0.317. The van der Waals surface area contributed by atoms with Gasteiger partial charge >= 0.3 is 0 Å². The predicted octanol–water partition coefficient (Wildman–Crippen LogP) is 2.27. The van der Waals surface area contributed by atoms with E-state index in [9.17, 15) is 4.79 Å². The van der Waals surface area contributed by atoms with Gasteiger partial charge in [0.05, 0.1) is 11.6 Å². The van der Waals surface area contributed by atoms with Gasteiger partial charge in [-0.05, 0) is 37.3 Å². The third kappa shape index (κ3) is 2.19. The highest BCUT2D eigenvalue weighted by Crippen LogP contribution is 2.23. The van der Waals surface area contributed by atoms with Crippen LogP contribution in [0.1, 0.15) is 17.3 Å². The lowest BCUT2D eigenvalue weighted by atomic mass is 10.1. The number of fused-ring (bicyclic) bond motifs is 1. The lowest BCUT2D eigenvalue weighted by Gasteiger charge is -2.39. The lowest BCUT2D eigenvalue weighted by molar-refractivity contribution is 0.0783. The molecule has 0 atom stereocenters. The van der Waals surface area contributed by atoms with Crippen LogP contribution in [0.3, 0.4) is 0 Å². The molecule has 2 aromatic rings. The van der Waals surface area contributed by atoms with E-state index in [4.69, 9.17) is 4.74 Å². The number of ketones is 1. The number of carbonyl (C=O) groups is 1. The minimum absolute atomic E-state index is 0.0802. The fourth-order valence-electron chi connectivity index (χ4n) is 2.28. The Morgan fingerprint density at radius 1 is 1.32 bits per heavy atom. The molecule has 0 N–H and O–H groups in total. The van der Waals surface area contributed by atoms with E-state index < -0.39 is 0 Å². The minimum atomic E-state index is 0.0802. The van der Waals surface area contributed by atoms with Crippen LogP contribution in [0.5, 0.6) is 0 Å². The van der Waals surface area contributed by atoms with Gasteiger partial charge in [-0.15, -0.1) is 0 Å². The van der Waals surface area contributed by atoms with Gasteiger partial charge in [0, 0.05) is 31.1 Å². The Kier molecular flexibility index (Phi) is 2.95. The second kappa shape index (κ2) is 4.63. The molecule has 0 unspecified atom stereocenters. The lowest BCUT2D eigenvalue weighted by Crippen LogP contribution is -2.52. The van der Waals surface area contributed by atoms with Crippen molar-refractivity contribution in [2.45, 2.75) is 13.0 Å². The highest BCUT2D eigenvalue weighted by molar-refractivity contribution is 5.98. The van der Waals surface area contributed by atoms with Crippen molar-refractivity contribution in [1.82, 2.24) is 4.98 Å². The first kappa shape index (κ1) is 12.1. The molecule has 0 amide bonds. The zero-order valence-corrected chi connectivity index (χ0v) is 11.1. The smallest absolute Gasteiger partial charge is 0.159 e. The van der Waals surface area contributed by atoms with Crippen molar-refractivity contribution in [1.29, 1.82) is 0 Å². The summed E-state index contributed by atoms with van der Waals surface area (Å²) in [6.45, 7) is 3.36. The standard InChI is InChI=1S/C15H16N2O2/c1-10(18)11-3-5-14-12(7-11)4-6-15(16-14)17-8-13(9-17)19-2/h3-7,13H,8-9H2,1-2H3. The Balaban J connectivity index is 1.90. The van der Waals surface area contributed by atoms with Crippen molar-refractivity contribution in [2.24, 2.45) is 0 Å². The molecule has 0 saturated carbocycles. The van der Waals surface area contributed by atoms with Gasteiger partial charge in [0.1, 0.15) is 5.82 Å². The van der Waals surface area contributed by atoms with Crippen molar-refractivity contribution in [3.63, 3.8) is 0 Å². The topological polar surface area (TPSA) is 42.4 Å². The maximum atomic E-state index is 11.3. The van der Waals surface area contributed by atoms with Crippen LogP contribution in [0.25, 0.3) is 10.9 Å². The number of aromatic nitrogens is 1. The maximum Gasteiger partial charge on any atom is 0.159 e. The SMILES string of the molecule is COC1CN(c2ccc3cc(C(C)=O)ccc3n2)C1. The van der Waals surface area contributed by atoms with Crippen molar-refractivity contribution < 1.29 is 9.53 Å². The van der Waals surface area contributed by atoms with Gasteiger partial charge in [0.25, 0.3) is 0 Å². The molecule has 1 aliphatic heterocycles. The average Bonchev–Trinajstić information content (AvgIpc) is 2.36. The van der Waals surface area contributed by atoms with Crippen LogP contribution in [0.2, 0.25) is 0 Å². The van der Waals surface area contributed by atoms with Crippen LogP contribution in [0, 0.1) is 0 Å². The van der Waals surface area contributed by atoms with Gasteiger partial charge in [-0.2, -0.15) is 0 Å². The van der Waals surface area contributed by atoms with Crippen LogP contribution >= 0.6 is 0 Å². The van der Waals surface area contributed by atoms with Crippen LogP contribution in [-0.4, -0.2) is 37.1 Å². The highest BCUT2D eigenvalue weighted by atomic mass is 16.5. The molecule has 1 aromatic heterocycles. The Morgan fingerprint density at radius 2 is 2.11 bits per heavy atom. The summed E-state index contributed by atoms with van der Waals surface area (Å²) in [5.74, 6) is 1.05. The molecule has 2 heterocycles. The number of Topliss-reactive ketones (excluding diaryl/α,β-unsaturated/α-hetero) is 1. The fraction of sp³-hybridized carbons (Fsp3) is 0.333. The second-order valence-electron chi connectivity index (χ2n) is 4.90. The van der Waals surface area contributed by atoms with Crippen molar-refractivity contribution >= 4 is 22.5 Å². The van der Waals surface area contributed by atoms with E-state index in [0.29, 0.717) is 6.10 Å². The molecule has 19 heavy (non-hydrogen) atoms. The number of pyridine rings is 1. The number of anilines is 1. The van der Waals surface area contributed by atoms with Crippen molar-refractivity contribution in [3.05, 3.63) is 35.9 Å². The summed E-state index contributed by atoms with van der Waals surface area (Å²) in [5.41, 5.74) is 1.65. The van der Waals surface area contributed by atoms with E-state index in [-0.39, 0.29) is 5.78 Å². The molecule has 0 spiro atoms. The van der Waals surface area contributed by atoms with Crippen molar-refractivity contribution in [3.8, 4) is 0 Å². The van der Waals surface area contributed by atoms with Crippen LogP contribution in [0.15, 0.2) is 30.3 Å². The Labute approximate surface area is 112 Å². The van der Waals surface area contributed by atoms with E-state index in [1.807, 2.05) is 30.3 Å². The Bertz CT molecular complexity index is 633. The summed E-state index contributed by atoms with van der Waals surface area (Å²) in [5, 5.41) is 1.00. The number of hydrogen-bond acceptors (Lipinski definition) is 4. The van der Waals surface area contributed by atoms with Gasteiger partial charge in [-0.25, -0.2) is 4.98 Å². The Hall–Kier alpha value is -1.94. The van der Waals surface area contributed by atoms with Gasteiger partial charge < -0.3 is 9.64 Å². The highest BCUT2D eigenvalue weighted by Gasteiger charge is 2.27. The zero-order chi connectivity index (χ0) is 13.4. The molecule has 0 bridgehead atoms. The van der Waals surface area contributed by atoms with Crippen LogP contribution in [0.4, 0.5) is 5.82 Å². The summed E-state index contributed by atoms with van der Waals surface area (Å²) in [6, 6.07) is 9.64. The molecular formula is C15H16N2O2. The van der Waals surface area contributed by atoms with E-state index in [1.54, 1.807) is 14.0 Å². The summed E-state index contributed by atoms with van der Waals surface area (Å²) in [4.78, 5) is 18.2. The normalized spacial score (nSPS) is 15.6. The molecule has 98 valence electrons. The van der Waals surface area contributed by atoms with Gasteiger partial charge in [-0.1, -0.05) is 0 Å². The molecule has 1 fully saturated rings. The summed E-state index contributed by atoms with van der Waals surface area (Å²) >= 11 is 0. The molecule has 1 aliphatic rings. The third-order valence-electron chi connectivity index (χ3n) is 3.59. The molecule has 4 nitrogen and oxygen atoms in total. The molecule has 1 aromatic carbocycles. The number of nitrogens with zero attached hydrogens (tertiary/aromatic N) is 2.